The molecule has 2 fully saturated rings. The summed E-state index contributed by atoms with van der Waals surface area (Å²) in [4.78, 5) is 33.8. The third kappa shape index (κ3) is 6.28. The third-order valence-corrected chi connectivity index (χ3v) is 7.20. The molecule has 2 saturated heterocycles. The number of carbonyl (C=O) groups is 2. The van der Waals surface area contributed by atoms with Crippen molar-refractivity contribution in [1.29, 1.82) is 0 Å². The van der Waals surface area contributed by atoms with E-state index in [0.29, 0.717) is 50.8 Å². The summed E-state index contributed by atoms with van der Waals surface area (Å²) in [6.07, 6.45) is 3.04. The molecular formula is C27H38N4O4. The standard InChI is InChI=1S/C27H38N4O4/c1-5-34-26(33)21-12-16-31(17-13-21)25(32)20-10-14-30(15-11-20)18-23-28-24(29-35-23)19-6-8-22(9-7-19)27(2,3)4/h6-9,20-21H,5,10-18H2,1-4H3. The summed E-state index contributed by atoms with van der Waals surface area (Å²) >= 11 is 0. The van der Waals surface area contributed by atoms with E-state index < -0.39 is 0 Å². The van der Waals surface area contributed by atoms with Gasteiger partial charge in [-0.2, -0.15) is 4.98 Å². The monoisotopic (exact) mass is 482 g/mol. The number of likely N-dealkylation sites (tertiary alicyclic amines) is 2. The van der Waals surface area contributed by atoms with Crippen molar-refractivity contribution in [1.82, 2.24) is 19.9 Å². The van der Waals surface area contributed by atoms with Gasteiger partial charge in [0.05, 0.1) is 19.1 Å². The Bertz CT molecular complexity index is 995. The molecule has 1 aromatic heterocycles. The maximum Gasteiger partial charge on any atom is 0.309 e. The zero-order valence-electron chi connectivity index (χ0n) is 21.5. The van der Waals surface area contributed by atoms with Gasteiger partial charge in [0.15, 0.2) is 0 Å². The Labute approximate surface area is 208 Å². The number of hydrogen-bond donors (Lipinski definition) is 0. The van der Waals surface area contributed by atoms with E-state index in [4.69, 9.17) is 9.26 Å². The van der Waals surface area contributed by atoms with E-state index in [1.165, 1.54) is 5.56 Å². The summed E-state index contributed by atoms with van der Waals surface area (Å²) < 4.78 is 10.7. The highest BCUT2D eigenvalue weighted by molar-refractivity contribution is 5.79. The molecule has 2 aliphatic rings. The van der Waals surface area contributed by atoms with Gasteiger partial charge in [0.2, 0.25) is 17.6 Å². The fraction of sp³-hybridized carbons (Fsp3) is 0.630. The van der Waals surface area contributed by atoms with Crippen LogP contribution in [-0.2, 0) is 26.3 Å². The normalized spacial score (nSPS) is 18.6. The Kier molecular flexibility index (Phi) is 7.89. The van der Waals surface area contributed by atoms with Crippen molar-refractivity contribution in [3.05, 3.63) is 35.7 Å². The van der Waals surface area contributed by atoms with Crippen molar-refractivity contribution in [2.24, 2.45) is 11.8 Å². The molecule has 35 heavy (non-hydrogen) atoms. The molecule has 0 unspecified atom stereocenters. The number of nitrogens with zero attached hydrogens (tertiary/aromatic N) is 4. The highest BCUT2D eigenvalue weighted by Gasteiger charge is 2.33. The van der Waals surface area contributed by atoms with Crippen LogP contribution in [-0.4, -0.2) is 64.6 Å². The lowest BCUT2D eigenvalue weighted by molar-refractivity contribution is -0.152. The first-order chi connectivity index (χ1) is 16.7. The summed E-state index contributed by atoms with van der Waals surface area (Å²) in [6.45, 7) is 12.4. The number of amides is 1. The molecule has 1 aromatic carbocycles. The van der Waals surface area contributed by atoms with Crippen LogP contribution < -0.4 is 0 Å². The molecule has 8 heteroatoms. The summed E-state index contributed by atoms with van der Waals surface area (Å²) in [5, 5.41) is 4.17. The first-order valence-electron chi connectivity index (χ1n) is 12.9. The average molecular weight is 483 g/mol. The fourth-order valence-electron chi connectivity index (χ4n) is 4.94. The summed E-state index contributed by atoms with van der Waals surface area (Å²) in [6, 6.07) is 8.32. The smallest absolute Gasteiger partial charge is 0.309 e. The van der Waals surface area contributed by atoms with Crippen LogP contribution in [0.5, 0.6) is 0 Å². The van der Waals surface area contributed by atoms with Crippen molar-refractivity contribution in [2.45, 2.75) is 65.3 Å². The number of aromatic nitrogens is 2. The molecule has 0 atom stereocenters. The van der Waals surface area contributed by atoms with Crippen LogP contribution in [0.4, 0.5) is 0 Å². The van der Waals surface area contributed by atoms with E-state index in [-0.39, 0.29) is 29.1 Å². The largest absolute Gasteiger partial charge is 0.466 e. The molecule has 0 N–H and O–H groups in total. The Balaban J connectivity index is 1.24. The molecule has 190 valence electrons. The summed E-state index contributed by atoms with van der Waals surface area (Å²) in [5.41, 5.74) is 2.32. The summed E-state index contributed by atoms with van der Waals surface area (Å²) in [5.74, 6) is 1.29. The van der Waals surface area contributed by atoms with Crippen molar-refractivity contribution < 1.29 is 18.8 Å². The topological polar surface area (TPSA) is 88.8 Å². The molecule has 4 rings (SSSR count). The zero-order chi connectivity index (χ0) is 25.0. The second-order valence-corrected chi connectivity index (χ2v) is 10.7. The lowest BCUT2D eigenvalue weighted by Gasteiger charge is -2.36. The average Bonchev–Trinajstić information content (AvgIpc) is 3.32. The maximum absolute atomic E-state index is 13.0. The second-order valence-electron chi connectivity index (χ2n) is 10.7. The first-order valence-corrected chi connectivity index (χ1v) is 12.9. The van der Waals surface area contributed by atoms with Crippen molar-refractivity contribution in [3.8, 4) is 11.4 Å². The predicted octanol–water partition coefficient (Wildman–Crippen LogP) is 4.05. The molecular weight excluding hydrogens is 444 g/mol. The predicted molar refractivity (Wildman–Crippen MR) is 132 cm³/mol. The lowest BCUT2D eigenvalue weighted by Crippen LogP contribution is -2.46. The molecule has 2 aliphatic heterocycles. The third-order valence-electron chi connectivity index (χ3n) is 7.20. The van der Waals surface area contributed by atoms with Crippen molar-refractivity contribution in [2.75, 3.05) is 32.8 Å². The van der Waals surface area contributed by atoms with Gasteiger partial charge in [-0.25, -0.2) is 0 Å². The van der Waals surface area contributed by atoms with Gasteiger partial charge in [0.25, 0.3) is 0 Å². The molecule has 2 aromatic rings. The SMILES string of the molecule is CCOC(=O)C1CCN(C(=O)C2CCN(Cc3nc(-c4ccc(C(C)(C)C)cc4)no3)CC2)CC1. The molecule has 8 nitrogen and oxygen atoms in total. The minimum Gasteiger partial charge on any atom is -0.466 e. The van der Waals surface area contributed by atoms with Crippen LogP contribution in [0.25, 0.3) is 11.4 Å². The molecule has 0 saturated carbocycles. The first kappa shape index (κ1) is 25.4. The van der Waals surface area contributed by atoms with Gasteiger partial charge in [-0.15, -0.1) is 0 Å². The van der Waals surface area contributed by atoms with Gasteiger partial charge in [-0.05, 0) is 56.7 Å². The molecule has 0 bridgehead atoms. The molecule has 3 heterocycles. The lowest BCUT2D eigenvalue weighted by atomic mass is 9.87. The number of piperidine rings is 2. The molecule has 1 amide bonds. The van der Waals surface area contributed by atoms with E-state index in [9.17, 15) is 9.59 Å². The Morgan fingerprint density at radius 2 is 1.63 bits per heavy atom. The molecule has 0 radical (unpaired) electrons. The zero-order valence-corrected chi connectivity index (χ0v) is 21.5. The van der Waals surface area contributed by atoms with Gasteiger partial charge in [-0.3, -0.25) is 14.5 Å². The van der Waals surface area contributed by atoms with E-state index >= 15 is 0 Å². The molecule has 0 aliphatic carbocycles. The summed E-state index contributed by atoms with van der Waals surface area (Å²) in [7, 11) is 0. The van der Waals surface area contributed by atoms with E-state index in [2.05, 4.69) is 47.9 Å². The van der Waals surface area contributed by atoms with Gasteiger partial charge in [-0.1, -0.05) is 50.2 Å². The second kappa shape index (κ2) is 10.9. The van der Waals surface area contributed by atoms with E-state index in [1.807, 2.05) is 24.0 Å². The number of carbonyl (C=O) groups excluding carboxylic acids is 2. The number of hydrogen-bond acceptors (Lipinski definition) is 7. The Morgan fingerprint density at radius 3 is 2.23 bits per heavy atom. The van der Waals surface area contributed by atoms with Crippen molar-refractivity contribution >= 4 is 11.9 Å². The quantitative estimate of drug-likeness (QED) is 0.574. The Morgan fingerprint density at radius 1 is 1.00 bits per heavy atom. The van der Waals surface area contributed by atoms with Gasteiger partial charge >= 0.3 is 5.97 Å². The highest BCUT2D eigenvalue weighted by Crippen LogP contribution is 2.27. The Hall–Kier alpha value is -2.74. The van der Waals surface area contributed by atoms with E-state index in [1.54, 1.807) is 0 Å². The minimum atomic E-state index is -0.126. The number of esters is 1. The number of rotatable bonds is 6. The van der Waals surface area contributed by atoms with Crippen LogP contribution in [0.15, 0.2) is 28.8 Å². The number of ether oxygens (including phenoxy) is 1. The maximum atomic E-state index is 13.0. The van der Waals surface area contributed by atoms with Crippen LogP contribution >= 0.6 is 0 Å². The van der Waals surface area contributed by atoms with E-state index in [0.717, 1.165) is 31.5 Å². The highest BCUT2D eigenvalue weighted by atomic mass is 16.5. The van der Waals surface area contributed by atoms with Gasteiger partial charge in [0, 0.05) is 24.6 Å². The number of benzene rings is 1. The van der Waals surface area contributed by atoms with Gasteiger partial charge < -0.3 is 14.2 Å². The molecule has 0 spiro atoms. The fourth-order valence-corrected chi connectivity index (χ4v) is 4.94. The van der Waals surface area contributed by atoms with Crippen LogP contribution in [0.2, 0.25) is 0 Å². The van der Waals surface area contributed by atoms with Crippen LogP contribution in [0.3, 0.4) is 0 Å². The minimum absolute atomic E-state index is 0.0463. The van der Waals surface area contributed by atoms with Crippen LogP contribution in [0, 0.1) is 11.8 Å². The van der Waals surface area contributed by atoms with Gasteiger partial charge in [0.1, 0.15) is 0 Å². The van der Waals surface area contributed by atoms with Crippen molar-refractivity contribution in [3.63, 3.8) is 0 Å². The van der Waals surface area contributed by atoms with Crippen LogP contribution in [0.1, 0.15) is 64.8 Å².